The highest BCUT2D eigenvalue weighted by Gasteiger charge is 2.24. The Labute approximate surface area is 56.4 Å². The standard InChI is InChI=1S/C7H15NO/c1-5(6(8)9)7(2,3)4/h5H,1-4H3,(H2,8,9)/t5-/m1/s1. The van der Waals surface area contributed by atoms with E-state index in [4.69, 9.17) is 5.73 Å². The van der Waals surface area contributed by atoms with Crippen molar-refractivity contribution < 1.29 is 4.79 Å². The van der Waals surface area contributed by atoms with Crippen LogP contribution in [0.2, 0.25) is 0 Å². The largest absolute Gasteiger partial charge is 0.369 e. The predicted octanol–water partition coefficient (Wildman–Crippen LogP) is 1.15. The Balaban J connectivity index is 4.04. The van der Waals surface area contributed by atoms with Gasteiger partial charge in [0.05, 0.1) is 0 Å². The van der Waals surface area contributed by atoms with Crippen molar-refractivity contribution in [3.05, 3.63) is 0 Å². The van der Waals surface area contributed by atoms with E-state index in [0.717, 1.165) is 0 Å². The van der Waals surface area contributed by atoms with Gasteiger partial charge in [0.25, 0.3) is 0 Å². The van der Waals surface area contributed by atoms with Gasteiger partial charge in [-0.3, -0.25) is 4.79 Å². The van der Waals surface area contributed by atoms with E-state index >= 15 is 0 Å². The summed E-state index contributed by atoms with van der Waals surface area (Å²) in [5.74, 6) is -0.264. The quantitative estimate of drug-likeness (QED) is 0.567. The van der Waals surface area contributed by atoms with Crippen molar-refractivity contribution in [3.8, 4) is 0 Å². The van der Waals surface area contributed by atoms with Gasteiger partial charge in [0.1, 0.15) is 0 Å². The third-order valence-corrected chi connectivity index (χ3v) is 1.73. The molecule has 0 unspecified atom stereocenters. The SMILES string of the molecule is C[C@H](C(N)=O)C(C)(C)C. The van der Waals surface area contributed by atoms with Crippen LogP contribution >= 0.6 is 0 Å². The van der Waals surface area contributed by atoms with Gasteiger partial charge in [0, 0.05) is 5.92 Å². The minimum Gasteiger partial charge on any atom is -0.369 e. The highest BCUT2D eigenvalue weighted by molar-refractivity contribution is 5.76. The molecule has 0 aliphatic carbocycles. The first-order valence-electron chi connectivity index (χ1n) is 3.15. The minimum absolute atomic E-state index is 0.00579. The van der Waals surface area contributed by atoms with Crippen LogP contribution in [0.25, 0.3) is 0 Å². The Morgan fingerprint density at radius 3 is 1.78 bits per heavy atom. The van der Waals surface area contributed by atoms with Crippen LogP contribution in [0.15, 0.2) is 0 Å². The number of amides is 1. The molecule has 0 rings (SSSR count). The summed E-state index contributed by atoms with van der Waals surface area (Å²) < 4.78 is 0. The number of primary amides is 1. The molecule has 0 aromatic rings. The average molecular weight is 129 g/mol. The van der Waals surface area contributed by atoms with Gasteiger partial charge in [-0.2, -0.15) is 0 Å². The zero-order valence-electron chi connectivity index (χ0n) is 6.56. The summed E-state index contributed by atoms with van der Waals surface area (Å²) in [6.07, 6.45) is 0. The molecule has 2 heteroatoms. The van der Waals surface area contributed by atoms with Gasteiger partial charge in [-0.25, -0.2) is 0 Å². The molecule has 0 aromatic carbocycles. The lowest BCUT2D eigenvalue weighted by atomic mass is 9.82. The Morgan fingerprint density at radius 2 is 1.78 bits per heavy atom. The van der Waals surface area contributed by atoms with Gasteiger partial charge < -0.3 is 5.73 Å². The Morgan fingerprint density at radius 1 is 1.44 bits per heavy atom. The first-order valence-corrected chi connectivity index (χ1v) is 3.15. The summed E-state index contributed by atoms with van der Waals surface area (Å²) in [6, 6.07) is 0. The second kappa shape index (κ2) is 2.38. The van der Waals surface area contributed by atoms with E-state index in [-0.39, 0.29) is 17.2 Å². The summed E-state index contributed by atoms with van der Waals surface area (Å²) in [5.41, 5.74) is 5.09. The summed E-state index contributed by atoms with van der Waals surface area (Å²) in [4.78, 5) is 10.6. The molecule has 0 fully saturated rings. The van der Waals surface area contributed by atoms with Crippen LogP contribution in [0.3, 0.4) is 0 Å². The van der Waals surface area contributed by atoms with Crippen LogP contribution < -0.4 is 5.73 Å². The van der Waals surface area contributed by atoms with Gasteiger partial charge in [0.2, 0.25) is 5.91 Å². The van der Waals surface area contributed by atoms with E-state index in [2.05, 4.69) is 0 Å². The predicted molar refractivity (Wildman–Crippen MR) is 37.8 cm³/mol. The zero-order chi connectivity index (χ0) is 7.65. The molecule has 9 heavy (non-hydrogen) atoms. The number of carbonyl (C=O) groups excluding carboxylic acids is 1. The van der Waals surface area contributed by atoms with Crippen molar-refractivity contribution in [2.24, 2.45) is 17.1 Å². The first-order chi connectivity index (χ1) is 3.85. The van der Waals surface area contributed by atoms with Gasteiger partial charge >= 0.3 is 0 Å². The molecule has 2 nitrogen and oxygen atoms in total. The van der Waals surface area contributed by atoms with Gasteiger partial charge in [-0.05, 0) is 5.41 Å². The molecule has 0 aromatic heterocycles. The molecule has 1 amide bonds. The molecular weight excluding hydrogens is 114 g/mol. The molecule has 54 valence electrons. The smallest absolute Gasteiger partial charge is 0.220 e. The molecule has 0 saturated carbocycles. The minimum atomic E-state index is -0.220. The Bertz CT molecular complexity index is 113. The fraction of sp³-hybridized carbons (Fsp3) is 0.857. The third kappa shape index (κ3) is 2.49. The Kier molecular flexibility index (Phi) is 2.24. The van der Waals surface area contributed by atoms with E-state index in [1.807, 2.05) is 27.7 Å². The molecule has 0 heterocycles. The van der Waals surface area contributed by atoms with Crippen LogP contribution in [0.5, 0.6) is 0 Å². The summed E-state index contributed by atoms with van der Waals surface area (Å²) in [5, 5.41) is 0. The van der Waals surface area contributed by atoms with Crippen LogP contribution in [-0.4, -0.2) is 5.91 Å². The molecule has 0 aliphatic heterocycles. The van der Waals surface area contributed by atoms with E-state index < -0.39 is 0 Å². The maximum absolute atomic E-state index is 10.6. The van der Waals surface area contributed by atoms with E-state index in [1.54, 1.807) is 0 Å². The van der Waals surface area contributed by atoms with Crippen molar-refractivity contribution in [2.75, 3.05) is 0 Å². The fourth-order valence-electron chi connectivity index (χ4n) is 0.427. The molecule has 1 atom stereocenters. The lowest BCUT2D eigenvalue weighted by Crippen LogP contribution is -2.31. The van der Waals surface area contributed by atoms with Crippen molar-refractivity contribution in [3.63, 3.8) is 0 Å². The van der Waals surface area contributed by atoms with Crippen LogP contribution in [-0.2, 0) is 4.79 Å². The molecule has 0 saturated heterocycles. The second-order valence-electron chi connectivity index (χ2n) is 3.49. The maximum atomic E-state index is 10.6. The van der Waals surface area contributed by atoms with Crippen molar-refractivity contribution in [2.45, 2.75) is 27.7 Å². The monoisotopic (exact) mass is 129 g/mol. The highest BCUT2D eigenvalue weighted by atomic mass is 16.1. The number of hydrogen-bond donors (Lipinski definition) is 1. The van der Waals surface area contributed by atoms with Gasteiger partial charge in [0.15, 0.2) is 0 Å². The number of nitrogens with two attached hydrogens (primary N) is 1. The van der Waals surface area contributed by atoms with E-state index in [1.165, 1.54) is 0 Å². The van der Waals surface area contributed by atoms with E-state index in [0.29, 0.717) is 0 Å². The van der Waals surface area contributed by atoms with Crippen LogP contribution in [0.4, 0.5) is 0 Å². The topological polar surface area (TPSA) is 43.1 Å². The van der Waals surface area contributed by atoms with E-state index in [9.17, 15) is 4.79 Å². The molecular formula is C7H15NO. The lowest BCUT2D eigenvalue weighted by Gasteiger charge is -2.23. The lowest BCUT2D eigenvalue weighted by molar-refractivity contribution is -0.124. The zero-order valence-corrected chi connectivity index (χ0v) is 6.56. The molecule has 0 spiro atoms. The normalized spacial score (nSPS) is 15.1. The summed E-state index contributed by atoms with van der Waals surface area (Å²) in [6.45, 7) is 7.86. The number of carbonyl (C=O) groups is 1. The molecule has 0 aliphatic rings. The Hall–Kier alpha value is -0.530. The average Bonchev–Trinajstić information content (AvgIpc) is 1.62. The summed E-state index contributed by atoms with van der Waals surface area (Å²) in [7, 11) is 0. The van der Waals surface area contributed by atoms with Crippen LogP contribution in [0.1, 0.15) is 27.7 Å². The van der Waals surface area contributed by atoms with Crippen LogP contribution in [0, 0.1) is 11.3 Å². The van der Waals surface area contributed by atoms with Gasteiger partial charge in [-0.1, -0.05) is 27.7 Å². The van der Waals surface area contributed by atoms with Gasteiger partial charge in [-0.15, -0.1) is 0 Å². The second-order valence-corrected chi connectivity index (χ2v) is 3.49. The molecule has 2 N–H and O–H groups in total. The molecule has 0 radical (unpaired) electrons. The maximum Gasteiger partial charge on any atom is 0.220 e. The molecule has 0 bridgehead atoms. The summed E-state index contributed by atoms with van der Waals surface area (Å²) >= 11 is 0. The highest BCUT2D eigenvalue weighted by Crippen LogP contribution is 2.24. The number of hydrogen-bond acceptors (Lipinski definition) is 1. The first kappa shape index (κ1) is 8.47. The van der Waals surface area contributed by atoms with Crippen molar-refractivity contribution in [1.82, 2.24) is 0 Å². The third-order valence-electron chi connectivity index (χ3n) is 1.73. The fourth-order valence-corrected chi connectivity index (χ4v) is 0.427. The van der Waals surface area contributed by atoms with Crippen molar-refractivity contribution >= 4 is 5.91 Å². The number of rotatable bonds is 1. The van der Waals surface area contributed by atoms with Crippen molar-refractivity contribution in [1.29, 1.82) is 0 Å².